The molecule has 0 aliphatic carbocycles. The SMILES string of the molecule is NC(=O)CC[C@H](NC(=O)NCCc1ncc[nH]1)C(=O)O. The number of amides is 3. The van der Waals surface area contributed by atoms with Gasteiger partial charge >= 0.3 is 12.0 Å². The zero-order chi connectivity index (χ0) is 15.0. The van der Waals surface area contributed by atoms with Crippen LogP contribution in [-0.2, 0) is 16.0 Å². The van der Waals surface area contributed by atoms with Crippen molar-refractivity contribution in [3.05, 3.63) is 18.2 Å². The summed E-state index contributed by atoms with van der Waals surface area (Å²) in [4.78, 5) is 39.9. The Labute approximate surface area is 114 Å². The summed E-state index contributed by atoms with van der Waals surface area (Å²) in [6, 6.07) is -1.76. The van der Waals surface area contributed by atoms with Gasteiger partial charge in [0.15, 0.2) is 0 Å². The number of nitrogens with zero attached hydrogens (tertiary/aromatic N) is 1. The van der Waals surface area contributed by atoms with E-state index in [1.807, 2.05) is 0 Å². The largest absolute Gasteiger partial charge is 0.480 e. The molecule has 3 amide bonds. The Morgan fingerprint density at radius 3 is 2.75 bits per heavy atom. The van der Waals surface area contributed by atoms with Gasteiger partial charge in [0, 0.05) is 31.8 Å². The van der Waals surface area contributed by atoms with Crippen LogP contribution in [0.25, 0.3) is 0 Å². The third-order valence-corrected chi connectivity index (χ3v) is 2.49. The Morgan fingerprint density at radius 2 is 2.20 bits per heavy atom. The van der Waals surface area contributed by atoms with Crippen LogP contribution in [0.15, 0.2) is 12.4 Å². The van der Waals surface area contributed by atoms with E-state index >= 15 is 0 Å². The highest BCUT2D eigenvalue weighted by Gasteiger charge is 2.20. The number of rotatable bonds is 8. The van der Waals surface area contributed by atoms with E-state index in [1.54, 1.807) is 12.4 Å². The second-order valence-electron chi connectivity index (χ2n) is 4.08. The van der Waals surface area contributed by atoms with Crippen molar-refractivity contribution >= 4 is 17.9 Å². The van der Waals surface area contributed by atoms with E-state index in [4.69, 9.17) is 10.8 Å². The van der Waals surface area contributed by atoms with Crippen molar-refractivity contribution in [2.24, 2.45) is 5.73 Å². The molecule has 6 N–H and O–H groups in total. The van der Waals surface area contributed by atoms with Gasteiger partial charge in [-0.3, -0.25) is 4.79 Å². The van der Waals surface area contributed by atoms with E-state index < -0.39 is 23.9 Å². The van der Waals surface area contributed by atoms with Crippen molar-refractivity contribution in [2.75, 3.05) is 6.54 Å². The first-order valence-electron chi connectivity index (χ1n) is 6.02. The molecular formula is C11H17N5O4. The number of imidazole rings is 1. The Hall–Kier alpha value is -2.58. The normalized spacial score (nSPS) is 11.6. The van der Waals surface area contributed by atoms with Crippen molar-refractivity contribution in [2.45, 2.75) is 25.3 Å². The molecule has 1 aromatic heterocycles. The maximum absolute atomic E-state index is 11.5. The zero-order valence-corrected chi connectivity index (χ0v) is 10.8. The fourth-order valence-electron chi connectivity index (χ4n) is 1.48. The highest BCUT2D eigenvalue weighted by atomic mass is 16.4. The molecule has 0 aliphatic heterocycles. The first kappa shape index (κ1) is 15.5. The fraction of sp³-hybridized carbons (Fsp3) is 0.455. The molecule has 1 rings (SSSR count). The van der Waals surface area contributed by atoms with E-state index in [0.717, 1.165) is 0 Å². The Kier molecular flexibility index (Phi) is 6.01. The zero-order valence-electron chi connectivity index (χ0n) is 10.8. The molecule has 0 spiro atoms. The van der Waals surface area contributed by atoms with E-state index in [9.17, 15) is 14.4 Å². The van der Waals surface area contributed by atoms with E-state index in [1.165, 1.54) is 0 Å². The summed E-state index contributed by atoms with van der Waals surface area (Å²) >= 11 is 0. The van der Waals surface area contributed by atoms with Crippen LogP contribution in [-0.4, -0.2) is 45.6 Å². The minimum Gasteiger partial charge on any atom is -0.480 e. The number of carboxylic acid groups (broad SMARTS) is 1. The van der Waals surface area contributed by atoms with E-state index in [2.05, 4.69) is 20.6 Å². The molecule has 0 radical (unpaired) electrons. The quantitative estimate of drug-likeness (QED) is 0.413. The number of aromatic amines is 1. The lowest BCUT2D eigenvalue weighted by atomic mass is 10.1. The monoisotopic (exact) mass is 283 g/mol. The number of primary amides is 1. The average Bonchev–Trinajstić information content (AvgIpc) is 2.87. The summed E-state index contributed by atoms with van der Waals surface area (Å²) in [5.74, 6) is -1.11. The lowest BCUT2D eigenvalue weighted by molar-refractivity contribution is -0.139. The highest BCUT2D eigenvalue weighted by Crippen LogP contribution is 1.97. The Balaban J connectivity index is 2.30. The molecule has 110 valence electrons. The van der Waals surface area contributed by atoms with Gasteiger partial charge in [-0.25, -0.2) is 14.6 Å². The molecule has 0 fully saturated rings. The molecule has 0 aromatic carbocycles. The number of carbonyl (C=O) groups is 3. The Bertz CT molecular complexity index is 459. The summed E-state index contributed by atoms with van der Waals surface area (Å²) in [5.41, 5.74) is 4.94. The molecule has 9 heteroatoms. The average molecular weight is 283 g/mol. The van der Waals surface area contributed by atoms with Gasteiger partial charge < -0.3 is 26.5 Å². The molecule has 0 aliphatic rings. The molecule has 1 atom stereocenters. The summed E-state index contributed by atoms with van der Waals surface area (Å²) in [6.07, 6.45) is 3.61. The van der Waals surface area contributed by atoms with Crippen LogP contribution in [0.5, 0.6) is 0 Å². The van der Waals surface area contributed by atoms with Crippen LogP contribution >= 0.6 is 0 Å². The maximum atomic E-state index is 11.5. The van der Waals surface area contributed by atoms with Gasteiger partial charge in [-0.05, 0) is 6.42 Å². The third-order valence-electron chi connectivity index (χ3n) is 2.49. The third kappa shape index (κ3) is 5.85. The number of urea groups is 1. The van der Waals surface area contributed by atoms with Crippen LogP contribution in [0.2, 0.25) is 0 Å². The van der Waals surface area contributed by atoms with Crippen LogP contribution in [0.3, 0.4) is 0 Å². The number of aliphatic carboxylic acids is 1. The van der Waals surface area contributed by atoms with Gasteiger partial charge in [-0.15, -0.1) is 0 Å². The van der Waals surface area contributed by atoms with Gasteiger partial charge in [-0.1, -0.05) is 0 Å². The fourth-order valence-corrected chi connectivity index (χ4v) is 1.48. The van der Waals surface area contributed by atoms with Crippen molar-refractivity contribution in [1.29, 1.82) is 0 Å². The first-order valence-corrected chi connectivity index (χ1v) is 6.02. The number of carbonyl (C=O) groups excluding carboxylic acids is 2. The molecule has 1 heterocycles. The summed E-state index contributed by atoms with van der Waals surface area (Å²) in [7, 11) is 0. The van der Waals surface area contributed by atoms with Crippen LogP contribution in [0.1, 0.15) is 18.7 Å². The highest BCUT2D eigenvalue weighted by molar-refractivity contribution is 5.83. The van der Waals surface area contributed by atoms with Crippen LogP contribution in [0, 0.1) is 0 Å². The predicted molar refractivity (Wildman–Crippen MR) is 68.7 cm³/mol. The van der Waals surface area contributed by atoms with Crippen molar-refractivity contribution < 1.29 is 19.5 Å². The number of H-pyrrole nitrogens is 1. The van der Waals surface area contributed by atoms with Crippen LogP contribution < -0.4 is 16.4 Å². The minimum atomic E-state index is -1.22. The van der Waals surface area contributed by atoms with Crippen molar-refractivity contribution in [1.82, 2.24) is 20.6 Å². The molecule has 9 nitrogen and oxygen atoms in total. The lowest BCUT2D eigenvalue weighted by Gasteiger charge is -2.14. The van der Waals surface area contributed by atoms with Crippen molar-refractivity contribution in [3.63, 3.8) is 0 Å². The summed E-state index contributed by atoms with van der Waals surface area (Å²) in [5, 5.41) is 13.7. The molecule has 0 unspecified atom stereocenters. The number of nitrogens with two attached hydrogens (primary N) is 1. The van der Waals surface area contributed by atoms with Gasteiger partial charge in [0.2, 0.25) is 5.91 Å². The van der Waals surface area contributed by atoms with E-state index in [-0.39, 0.29) is 12.8 Å². The summed E-state index contributed by atoms with van der Waals surface area (Å²) < 4.78 is 0. The molecule has 0 bridgehead atoms. The number of carboxylic acids is 1. The Morgan fingerprint density at radius 1 is 1.45 bits per heavy atom. The second-order valence-corrected chi connectivity index (χ2v) is 4.08. The maximum Gasteiger partial charge on any atom is 0.326 e. The number of hydrogen-bond donors (Lipinski definition) is 5. The molecule has 0 saturated heterocycles. The minimum absolute atomic E-state index is 0.0454. The first-order chi connectivity index (χ1) is 9.49. The second kappa shape index (κ2) is 7.77. The van der Waals surface area contributed by atoms with Crippen LogP contribution in [0.4, 0.5) is 4.79 Å². The predicted octanol–water partition coefficient (Wildman–Crippen LogP) is -1.03. The number of hydrogen-bond acceptors (Lipinski definition) is 4. The lowest BCUT2D eigenvalue weighted by Crippen LogP contribution is -2.46. The molecular weight excluding hydrogens is 266 g/mol. The van der Waals surface area contributed by atoms with Gasteiger partial charge in [0.05, 0.1) is 0 Å². The van der Waals surface area contributed by atoms with E-state index in [0.29, 0.717) is 18.8 Å². The number of nitrogens with one attached hydrogen (secondary N) is 3. The molecule has 20 heavy (non-hydrogen) atoms. The van der Waals surface area contributed by atoms with Gasteiger partial charge in [-0.2, -0.15) is 0 Å². The van der Waals surface area contributed by atoms with Crippen molar-refractivity contribution in [3.8, 4) is 0 Å². The standard InChI is InChI=1S/C11H17N5O4/c12-8(17)2-1-7(10(18)19)16-11(20)15-4-3-9-13-5-6-14-9/h5-7H,1-4H2,(H2,12,17)(H,13,14)(H,18,19)(H2,15,16,20)/t7-/m0/s1. The smallest absolute Gasteiger partial charge is 0.326 e. The summed E-state index contributed by atoms with van der Waals surface area (Å²) in [6.45, 7) is 0.307. The number of aromatic nitrogens is 2. The molecule has 0 saturated carbocycles. The van der Waals surface area contributed by atoms with Gasteiger partial charge in [0.1, 0.15) is 11.9 Å². The van der Waals surface area contributed by atoms with Gasteiger partial charge in [0.25, 0.3) is 0 Å². The topological polar surface area (TPSA) is 150 Å². The molecule has 1 aromatic rings.